The second-order valence-corrected chi connectivity index (χ2v) is 5.70. The second-order valence-electron chi connectivity index (χ2n) is 5.70. The van der Waals surface area contributed by atoms with Gasteiger partial charge in [-0.05, 0) is 12.1 Å². The third kappa shape index (κ3) is 4.10. The fourth-order valence-corrected chi connectivity index (χ4v) is 2.70. The Balaban J connectivity index is 1.41. The number of amides is 1. The predicted octanol–water partition coefficient (Wildman–Crippen LogP) is 1.26. The monoisotopic (exact) mass is 314 g/mol. The average molecular weight is 314 g/mol. The van der Waals surface area contributed by atoms with Crippen molar-refractivity contribution in [3.8, 4) is 5.75 Å². The summed E-state index contributed by atoms with van der Waals surface area (Å²) in [4.78, 5) is 16.6. The number of hydrogen-bond donors (Lipinski definition) is 0. The van der Waals surface area contributed by atoms with Gasteiger partial charge in [-0.2, -0.15) is 5.10 Å². The lowest BCUT2D eigenvalue weighted by Gasteiger charge is -2.34. The van der Waals surface area contributed by atoms with Gasteiger partial charge >= 0.3 is 0 Å². The Morgan fingerprint density at radius 3 is 2.57 bits per heavy atom. The summed E-state index contributed by atoms with van der Waals surface area (Å²) in [5, 5.41) is 4.06. The fourth-order valence-electron chi connectivity index (χ4n) is 2.70. The third-order valence-corrected chi connectivity index (χ3v) is 4.03. The number of piperazine rings is 1. The topological polar surface area (TPSA) is 50.6 Å². The van der Waals surface area contributed by atoms with Crippen LogP contribution in [0, 0.1) is 0 Å². The van der Waals surface area contributed by atoms with Crippen LogP contribution in [-0.2, 0) is 7.05 Å². The Hall–Kier alpha value is -2.34. The molecule has 6 nitrogen and oxygen atoms in total. The van der Waals surface area contributed by atoms with Crippen LogP contribution in [0.25, 0.3) is 0 Å². The number of rotatable bonds is 5. The Kier molecular flexibility index (Phi) is 4.92. The number of aromatic nitrogens is 2. The molecule has 122 valence electrons. The lowest BCUT2D eigenvalue weighted by molar-refractivity contribution is 0.0620. The van der Waals surface area contributed by atoms with E-state index in [-0.39, 0.29) is 5.91 Å². The average Bonchev–Trinajstić information content (AvgIpc) is 3.02. The largest absolute Gasteiger partial charge is 0.492 e. The Morgan fingerprint density at radius 2 is 1.91 bits per heavy atom. The molecule has 1 aromatic heterocycles. The highest BCUT2D eigenvalue weighted by molar-refractivity contribution is 5.93. The summed E-state index contributed by atoms with van der Waals surface area (Å²) >= 11 is 0. The van der Waals surface area contributed by atoms with Crippen molar-refractivity contribution >= 4 is 5.91 Å². The Labute approximate surface area is 136 Å². The zero-order valence-corrected chi connectivity index (χ0v) is 13.4. The first kappa shape index (κ1) is 15.6. The zero-order chi connectivity index (χ0) is 16.1. The summed E-state index contributed by atoms with van der Waals surface area (Å²) in [6, 6.07) is 9.84. The molecule has 1 fully saturated rings. The van der Waals surface area contributed by atoms with E-state index >= 15 is 0 Å². The van der Waals surface area contributed by atoms with Gasteiger partial charge in [0, 0.05) is 46.0 Å². The van der Waals surface area contributed by atoms with Crippen LogP contribution in [0.5, 0.6) is 5.75 Å². The van der Waals surface area contributed by atoms with Crippen molar-refractivity contribution in [1.29, 1.82) is 0 Å². The Bertz CT molecular complexity index is 633. The first-order chi connectivity index (χ1) is 11.2. The second kappa shape index (κ2) is 7.28. The van der Waals surface area contributed by atoms with Crippen molar-refractivity contribution < 1.29 is 9.53 Å². The van der Waals surface area contributed by atoms with Gasteiger partial charge < -0.3 is 9.64 Å². The molecule has 0 bridgehead atoms. The molecule has 1 aliphatic rings. The molecule has 2 aromatic rings. The summed E-state index contributed by atoms with van der Waals surface area (Å²) in [5.74, 6) is 0.969. The van der Waals surface area contributed by atoms with E-state index in [2.05, 4.69) is 10.00 Å². The molecule has 23 heavy (non-hydrogen) atoms. The zero-order valence-electron chi connectivity index (χ0n) is 13.4. The van der Waals surface area contributed by atoms with E-state index in [9.17, 15) is 4.79 Å². The molecule has 3 rings (SSSR count). The molecule has 0 atom stereocenters. The molecule has 2 heterocycles. The maximum atomic E-state index is 12.3. The van der Waals surface area contributed by atoms with Crippen LogP contribution in [0.1, 0.15) is 10.4 Å². The molecule has 0 radical (unpaired) electrons. The number of carbonyl (C=O) groups is 1. The molecular weight excluding hydrogens is 292 g/mol. The van der Waals surface area contributed by atoms with Gasteiger partial charge in [0.05, 0.1) is 11.8 Å². The van der Waals surface area contributed by atoms with Crippen LogP contribution in [0.15, 0.2) is 42.7 Å². The van der Waals surface area contributed by atoms with E-state index in [1.165, 1.54) is 0 Å². The van der Waals surface area contributed by atoms with Gasteiger partial charge in [-0.3, -0.25) is 14.4 Å². The minimum Gasteiger partial charge on any atom is -0.492 e. The van der Waals surface area contributed by atoms with Crippen molar-refractivity contribution in [3.05, 3.63) is 48.3 Å². The van der Waals surface area contributed by atoms with Gasteiger partial charge in [-0.15, -0.1) is 0 Å². The van der Waals surface area contributed by atoms with Crippen LogP contribution in [-0.4, -0.2) is 64.8 Å². The van der Waals surface area contributed by atoms with E-state index in [1.54, 1.807) is 17.1 Å². The van der Waals surface area contributed by atoms with Crippen LogP contribution in [0.4, 0.5) is 0 Å². The number of hydrogen-bond acceptors (Lipinski definition) is 4. The maximum absolute atomic E-state index is 12.3. The van der Waals surface area contributed by atoms with Gasteiger partial charge in [-0.25, -0.2) is 0 Å². The summed E-state index contributed by atoms with van der Waals surface area (Å²) < 4.78 is 7.38. The minimum atomic E-state index is 0.0679. The number of carbonyl (C=O) groups excluding carboxylic acids is 1. The van der Waals surface area contributed by atoms with Crippen LogP contribution >= 0.6 is 0 Å². The number of para-hydroxylation sites is 1. The van der Waals surface area contributed by atoms with Crippen molar-refractivity contribution in [1.82, 2.24) is 19.6 Å². The summed E-state index contributed by atoms with van der Waals surface area (Å²) in [7, 11) is 1.82. The summed E-state index contributed by atoms with van der Waals surface area (Å²) in [6.45, 7) is 4.80. The van der Waals surface area contributed by atoms with Gasteiger partial charge in [-0.1, -0.05) is 18.2 Å². The SMILES string of the molecule is Cn1cc(C(=O)N2CCN(CCOc3ccccc3)CC2)cn1. The molecule has 0 N–H and O–H groups in total. The minimum absolute atomic E-state index is 0.0679. The number of benzene rings is 1. The van der Waals surface area contributed by atoms with E-state index in [0.717, 1.165) is 38.5 Å². The predicted molar refractivity (Wildman–Crippen MR) is 87.5 cm³/mol. The molecule has 1 aliphatic heterocycles. The highest BCUT2D eigenvalue weighted by Gasteiger charge is 2.22. The highest BCUT2D eigenvalue weighted by Crippen LogP contribution is 2.10. The summed E-state index contributed by atoms with van der Waals surface area (Å²) in [6.07, 6.45) is 3.39. The van der Waals surface area contributed by atoms with Crippen molar-refractivity contribution in [2.75, 3.05) is 39.3 Å². The van der Waals surface area contributed by atoms with Gasteiger partial charge in [0.25, 0.3) is 5.91 Å². The van der Waals surface area contributed by atoms with Crippen molar-refractivity contribution in [2.24, 2.45) is 7.05 Å². The molecule has 0 unspecified atom stereocenters. The summed E-state index contributed by atoms with van der Waals surface area (Å²) in [5.41, 5.74) is 0.661. The normalized spacial score (nSPS) is 15.6. The van der Waals surface area contributed by atoms with Gasteiger partial charge in [0.1, 0.15) is 12.4 Å². The number of ether oxygens (including phenoxy) is 1. The van der Waals surface area contributed by atoms with Crippen LogP contribution < -0.4 is 4.74 Å². The maximum Gasteiger partial charge on any atom is 0.257 e. The van der Waals surface area contributed by atoms with Crippen LogP contribution in [0.3, 0.4) is 0 Å². The lowest BCUT2D eigenvalue weighted by Crippen LogP contribution is -2.49. The number of nitrogens with zero attached hydrogens (tertiary/aromatic N) is 4. The molecular formula is C17H22N4O2. The van der Waals surface area contributed by atoms with E-state index in [4.69, 9.17) is 4.74 Å². The lowest BCUT2D eigenvalue weighted by atomic mass is 10.2. The molecule has 0 saturated carbocycles. The molecule has 0 spiro atoms. The molecule has 0 aliphatic carbocycles. The van der Waals surface area contributed by atoms with E-state index < -0.39 is 0 Å². The third-order valence-electron chi connectivity index (χ3n) is 4.03. The number of aryl methyl sites for hydroxylation is 1. The van der Waals surface area contributed by atoms with Crippen LogP contribution in [0.2, 0.25) is 0 Å². The van der Waals surface area contributed by atoms with E-state index in [1.807, 2.05) is 42.3 Å². The van der Waals surface area contributed by atoms with Crippen molar-refractivity contribution in [2.45, 2.75) is 0 Å². The standard InChI is InChI=1S/C17H22N4O2/c1-19-14-15(13-18-19)17(22)21-9-7-20(8-10-21)11-12-23-16-5-3-2-4-6-16/h2-6,13-14H,7-12H2,1H3. The Morgan fingerprint density at radius 1 is 1.17 bits per heavy atom. The fraction of sp³-hybridized carbons (Fsp3) is 0.412. The van der Waals surface area contributed by atoms with Gasteiger partial charge in [0.2, 0.25) is 0 Å². The molecule has 6 heteroatoms. The van der Waals surface area contributed by atoms with Crippen molar-refractivity contribution in [3.63, 3.8) is 0 Å². The molecule has 1 aromatic carbocycles. The quantitative estimate of drug-likeness (QED) is 0.834. The van der Waals surface area contributed by atoms with Gasteiger partial charge in [0.15, 0.2) is 0 Å². The first-order valence-electron chi connectivity index (χ1n) is 7.90. The molecule has 1 amide bonds. The highest BCUT2D eigenvalue weighted by atomic mass is 16.5. The first-order valence-corrected chi connectivity index (χ1v) is 7.90. The molecule has 1 saturated heterocycles. The van der Waals surface area contributed by atoms with E-state index in [0.29, 0.717) is 12.2 Å². The smallest absolute Gasteiger partial charge is 0.257 e.